The van der Waals surface area contributed by atoms with Crippen molar-refractivity contribution in [3.8, 4) is 27.9 Å². The van der Waals surface area contributed by atoms with E-state index in [1.165, 1.54) is 10.4 Å². The van der Waals surface area contributed by atoms with Crippen molar-refractivity contribution in [3.63, 3.8) is 0 Å². The minimum absolute atomic E-state index is 0.0976. The summed E-state index contributed by atoms with van der Waals surface area (Å²) in [6.07, 6.45) is 0.389. The van der Waals surface area contributed by atoms with Gasteiger partial charge < -0.3 is 20.1 Å². The summed E-state index contributed by atoms with van der Waals surface area (Å²) in [6, 6.07) is 6.08. The fraction of sp³-hybridized carbons (Fsp3) is 0.500. The molecule has 0 aliphatic rings. The van der Waals surface area contributed by atoms with Gasteiger partial charge in [-0.25, -0.2) is 0 Å². The number of carbonyl (C=O) groups is 1. The molecule has 9 heteroatoms. The third-order valence-electron chi connectivity index (χ3n) is 6.05. The number of aliphatic hydroxyl groups excluding tert-OH is 1. The van der Waals surface area contributed by atoms with Crippen molar-refractivity contribution in [1.29, 1.82) is 0 Å². The van der Waals surface area contributed by atoms with Crippen molar-refractivity contribution >= 4 is 17.2 Å². The molecule has 8 nitrogen and oxygen atoms in total. The molecule has 2 heterocycles. The van der Waals surface area contributed by atoms with Crippen LogP contribution in [0.15, 0.2) is 22.7 Å². The Morgan fingerprint density at radius 3 is 2.60 bits per heavy atom. The number of amides is 1. The van der Waals surface area contributed by atoms with Gasteiger partial charge in [0.05, 0.1) is 11.0 Å². The summed E-state index contributed by atoms with van der Waals surface area (Å²) in [5, 5.41) is 14.3. The first kappa shape index (κ1) is 26.8. The van der Waals surface area contributed by atoms with Crippen LogP contribution in [0.25, 0.3) is 22.2 Å². The van der Waals surface area contributed by atoms with Crippen LogP contribution in [-0.4, -0.2) is 51.9 Å². The highest BCUT2D eigenvalue weighted by atomic mass is 32.1. The molecular formula is C26H36N4O4S. The first-order chi connectivity index (χ1) is 16.7. The molecule has 190 valence electrons. The average Bonchev–Trinajstić information content (AvgIpc) is 3.46. The number of nitrogens with two attached hydrogens (primary N) is 1. The van der Waals surface area contributed by atoms with Crippen molar-refractivity contribution in [2.45, 2.75) is 66.5 Å². The Morgan fingerprint density at radius 1 is 1.20 bits per heavy atom. The maximum absolute atomic E-state index is 10.9. The fourth-order valence-corrected chi connectivity index (χ4v) is 5.03. The second kappa shape index (κ2) is 12.3. The lowest BCUT2D eigenvalue weighted by Gasteiger charge is -2.17. The number of primary amides is 1. The molecule has 3 aromatic rings. The number of hydrogen-bond acceptors (Lipinski definition) is 8. The minimum atomic E-state index is -0.757. The Hall–Kier alpha value is -2.75. The zero-order valence-corrected chi connectivity index (χ0v) is 22.1. The highest BCUT2D eigenvalue weighted by Gasteiger charge is 2.18. The van der Waals surface area contributed by atoms with Gasteiger partial charge in [0.15, 0.2) is 0 Å². The van der Waals surface area contributed by atoms with Crippen molar-refractivity contribution in [1.82, 2.24) is 15.0 Å². The Labute approximate surface area is 211 Å². The molecule has 3 N–H and O–H groups in total. The quantitative estimate of drug-likeness (QED) is 0.355. The Kier molecular flexibility index (Phi) is 9.42. The summed E-state index contributed by atoms with van der Waals surface area (Å²) in [6.45, 7) is 13.5. The van der Waals surface area contributed by atoms with Crippen molar-refractivity contribution in [2.24, 2.45) is 5.73 Å². The molecule has 35 heavy (non-hydrogen) atoms. The van der Waals surface area contributed by atoms with E-state index in [4.69, 9.17) is 15.0 Å². The van der Waals surface area contributed by atoms with E-state index in [0.29, 0.717) is 11.7 Å². The summed E-state index contributed by atoms with van der Waals surface area (Å²) in [7, 11) is 0. The van der Waals surface area contributed by atoms with Crippen LogP contribution in [0.1, 0.15) is 55.2 Å². The van der Waals surface area contributed by atoms with Gasteiger partial charge in [0, 0.05) is 23.4 Å². The molecule has 3 rings (SSSR count). The highest BCUT2D eigenvalue weighted by molar-refractivity contribution is 7.15. The molecule has 1 amide bonds. The molecule has 0 bridgehead atoms. The monoisotopic (exact) mass is 500 g/mol. The van der Waals surface area contributed by atoms with Crippen molar-refractivity contribution in [3.05, 3.63) is 39.8 Å². The van der Waals surface area contributed by atoms with Gasteiger partial charge in [0.1, 0.15) is 12.4 Å². The zero-order valence-electron chi connectivity index (χ0n) is 21.3. The average molecular weight is 501 g/mol. The standard InChI is InChI=1S/C26H36N4O4S/c1-6-18-13-19(11-17(5)24(18)33-15-20(31)9-10-23(27)32)25-28-26(34-29-25)21-12-16(4)22(35-21)14-30(7-2)8-3/h11-13,20,31H,6-10,14-15H2,1-5H3,(H2,27,32)/t20-/m0/s1. The zero-order chi connectivity index (χ0) is 25.5. The topological polar surface area (TPSA) is 115 Å². The molecule has 0 aliphatic heterocycles. The van der Waals surface area contributed by atoms with Crippen LogP contribution >= 0.6 is 11.3 Å². The second-order valence-corrected chi connectivity index (χ2v) is 9.84. The number of nitrogens with zero attached hydrogens (tertiary/aromatic N) is 3. The Balaban J connectivity index is 1.78. The molecule has 0 saturated carbocycles. The van der Waals surface area contributed by atoms with Gasteiger partial charge >= 0.3 is 0 Å². The highest BCUT2D eigenvalue weighted by Crippen LogP contribution is 2.34. The first-order valence-corrected chi connectivity index (χ1v) is 13.0. The number of aryl methyl sites for hydroxylation is 3. The third kappa shape index (κ3) is 6.90. The minimum Gasteiger partial charge on any atom is -0.490 e. The van der Waals surface area contributed by atoms with E-state index in [-0.39, 0.29) is 19.4 Å². The molecule has 1 atom stereocenters. The number of carbonyl (C=O) groups excluding carboxylic acids is 1. The van der Waals surface area contributed by atoms with Gasteiger partial charge in [-0.05, 0) is 74.7 Å². The fourth-order valence-electron chi connectivity index (χ4n) is 3.89. The third-order valence-corrected chi connectivity index (χ3v) is 7.26. The van der Waals surface area contributed by atoms with E-state index in [2.05, 4.69) is 41.9 Å². The molecule has 2 aromatic heterocycles. The molecular weight excluding hydrogens is 464 g/mol. The van der Waals surface area contributed by atoms with Crippen molar-refractivity contribution in [2.75, 3.05) is 19.7 Å². The smallest absolute Gasteiger partial charge is 0.268 e. The summed E-state index contributed by atoms with van der Waals surface area (Å²) in [4.78, 5) is 20.3. The van der Waals surface area contributed by atoms with E-state index < -0.39 is 12.0 Å². The second-order valence-electron chi connectivity index (χ2n) is 8.71. The van der Waals surface area contributed by atoms with Crippen LogP contribution in [0.3, 0.4) is 0 Å². The molecule has 0 fully saturated rings. The van der Waals surface area contributed by atoms with Gasteiger partial charge in [-0.1, -0.05) is 25.9 Å². The van der Waals surface area contributed by atoms with Gasteiger partial charge in [-0.15, -0.1) is 11.3 Å². The lowest BCUT2D eigenvalue weighted by atomic mass is 10.0. The lowest BCUT2D eigenvalue weighted by Crippen LogP contribution is -2.21. The summed E-state index contributed by atoms with van der Waals surface area (Å²) < 4.78 is 11.5. The number of rotatable bonds is 13. The summed E-state index contributed by atoms with van der Waals surface area (Å²) in [5.74, 6) is 1.35. The summed E-state index contributed by atoms with van der Waals surface area (Å²) >= 11 is 1.70. The van der Waals surface area contributed by atoms with Gasteiger partial charge in [-0.3, -0.25) is 9.69 Å². The molecule has 0 unspecified atom stereocenters. The number of benzene rings is 1. The van der Waals surface area contributed by atoms with Crippen LogP contribution < -0.4 is 10.5 Å². The van der Waals surface area contributed by atoms with E-state index in [0.717, 1.165) is 53.4 Å². The number of ether oxygens (including phenoxy) is 1. The Morgan fingerprint density at radius 2 is 1.94 bits per heavy atom. The van der Waals surface area contributed by atoms with E-state index in [1.807, 2.05) is 26.0 Å². The molecule has 0 saturated heterocycles. The van der Waals surface area contributed by atoms with Gasteiger partial charge in [0.25, 0.3) is 5.89 Å². The van der Waals surface area contributed by atoms with Crippen LogP contribution in [0, 0.1) is 13.8 Å². The van der Waals surface area contributed by atoms with Crippen LogP contribution in [0.2, 0.25) is 0 Å². The molecule has 0 radical (unpaired) electrons. The number of thiophene rings is 1. The van der Waals surface area contributed by atoms with Crippen molar-refractivity contribution < 1.29 is 19.2 Å². The van der Waals surface area contributed by atoms with Crippen LogP contribution in [0.4, 0.5) is 0 Å². The molecule has 1 aromatic carbocycles. The van der Waals surface area contributed by atoms with E-state index >= 15 is 0 Å². The maximum Gasteiger partial charge on any atom is 0.268 e. The number of aliphatic hydroxyl groups is 1. The number of aromatic nitrogens is 2. The summed E-state index contributed by atoms with van der Waals surface area (Å²) in [5.41, 5.74) is 9.15. The van der Waals surface area contributed by atoms with E-state index in [9.17, 15) is 9.90 Å². The van der Waals surface area contributed by atoms with Crippen LogP contribution in [0.5, 0.6) is 5.75 Å². The van der Waals surface area contributed by atoms with Gasteiger partial charge in [-0.2, -0.15) is 4.98 Å². The SMILES string of the molecule is CCc1cc(-c2noc(-c3cc(C)c(CN(CC)CC)s3)n2)cc(C)c1OC[C@@H](O)CCC(N)=O. The van der Waals surface area contributed by atoms with Crippen LogP contribution in [-0.2, 0) is 17.8 Å². The predicted octanol–water partition coefficient (Wildman–Crippen LogP) is 4.49. The predicted molar refractivity (Wildman–Crippen MR) is 138 cm³/mol. The number of hydrogen-bond donors (Lipinski definition) is 2. The largest absolute Gasteiger partial charge is 0.490 e. The maximum atomic E-state index is 10.9. The Bertz CT molecular complexity index is 1140. The lowest BCUT2D eigenvalue weighted by molar-refractivity contribution is -0.118. The van der Waals surface area contributed by atoms with Gasteiger partial charge in [0.2, 0.25) is 11.7 Å². The molecule has 0 aliphatic carbocycles. The first-order valence-electron chi connectivity index (χ1n) is 12.1. The normalized spacial score (nSPS) is 12.3. The molecule has 0 spiro atoms. The van der Waals surface area contributed by atoms with E-state index in [1.54, 1.807) is 11.3 Å².